The summed E-state index contributed by atoms with van der Waals surface area (Å²) in [5.74, 6) is -0.00106. The monoisotopic (exact) mass is 283 g/mol. The highest BCUT2D eigenvalue weighted by atomic mass is 35.5. The lowest BCUT2D eigenvalue weighted by Crippen LogP contribution is -2.21. The Kier molecular flexibility index (Phi) is 4.70. The van der Waals surface area contributed by atoms with Crippen molar-refractivity contribution in [3.05, 3.63) is 23.4 Å². The van der Waals surface area contributed by atoms with Crippen LogP contribution in [0.2, 0.25) is 5.02 Å². The van der Waals surface area contributed by atoms with Gasteiger partial charge >= 0.3 is 12.1 Å². The number of hydrogen-bond acceptors (Lipinski definition) is 5. The van der Waals surface area contributed by atoms with Crippen LogP contribution in [0, 0.1) is 5.92 Å². The van der Waals surface area contributed by atoms with Gasteiger partial charge in [0.1, 0.15) is 5.82 Å². The summed E-state index contributed by atoms with van der Waals surface area (Å²) in [5.41, 5.74) is 0. The predicted octanol–water partition coefficient (Wildman–Crippen LogP) is 1.81. The Morgan fingerprint density at radius 2 is 2.37 bits per heavy atom. The summed E-state index contributed by atoms with van der Waals surface area (Å²) in [6, 6.07) is 3.10. The van der Waals surface area contributed by atoms with Crippen LogP contribution < -0.4 is 10.6 Å². The van der Waals surface area contributed by atoms with Gasteiger partial charge in [0.05, 0.1) is 11.4 Å². The van der Waals surface area contributed by atoms with Gasteiger partial charge in [-0.05, 0) is 37.6 Å². The maximum absolute atomic E-state index is 11.5. The van der Waals surface area contributed by atoms with Gasteiger partial charge in [0.25, 0.3) is 0 Å². The Morgan fingerprint density at radius 3 is 3.00 bits per heavy atom. The quantitative estimate of drug-likeness (QED) is 0.653. The lowest BCUT2D eigenvalue weighted by atomic mass is 10.1. The normalized spacial score (nSPS) is 18.1. The molecule has 1 atom stereocenters. The van der Waals surface area contributed by atoms with Gasteiger partial charge in [-0.1, -0.05) is 11.6 Å². The fourth-order valence-electron chi connectivity index (χ4n) is 1.85. The van der Waals surface area contributed by atoms with Crippen LogP contribution in [0.5, 0.6) is 0 Å². The molecule has 19 heavy (non-hydrogen) atoms. The first-order chi connectivity index (χ1) is 9.13. The number of amides is 1. The zero-order valence-electron chi connectivity index (χ0n) is 10.2. The van der Waals surface area contributed by atoms with E-state index in [1.807, 2.05) is 0 Å². The second kappa shape index (κ2) is 6.49. The molecule has 0 spiro atoms. The summed E-state index contributed by atoms with van der Waals surface area (Å²) in [5, 5.41) is 5.96. The van der Waals surface area contributed by atoms with Gasteiger partial charge in [0.15, 0.2) is 0 Å². The molecule has 1 aromatic heterocycles. The van der Waals surface area contributed by atoms with Crippen molar-refractivity contribution in [2.24, 2.45) is 5.92 Å². The average molecular weight is 284 g/mol. The van der Waals surface area contributed by atoms with E-state index in [-0.39, 0.29) is 18.2 Å². The Balaban J connectivity index is 1.77. The van der Waals surface area contributed by atoms with Gasteiger partial charge < -0.3 is 10.1 Å². The molecule has 2 N–H and O–H groups in total. The van der Waals surface area contributed by atoms with Gasteiger partial charge in [-0.3, -0.25) is 10.1 Å². The molecule has 6 nitrogen and oxygen atoms in total. The Labute approximate surface area is 115 Å². The summed E-state index contributed by atoms with van der Waals surface area (Å²) < 4.78 is 4.66. The van der Waals surface area contributed by atoms with E-state index in [0.717, 1.165) is 19.5 Å². The standard InChI is InChI=1S/C12H14ClN3O3/c13-9-1-2-10(15-7-9)16-12(18)19-11(17)5-8-3-4-14-6-8/h1-2,7-8,14H,3-6H2,(H,15,16,18). The molecule has 0 aromatic carbocycles. The van der Waals surface area contributed by atoms with Crippen LogP contribution in [-0.4, -0.2) is 30.1 Å². The highest BCUT2D eigenvalue weighted by Gasteiger charge is 2.20. The molecule has 1 aliphatic rings. The highest BCUT2D eigenvalue weighted by molar-refractivity contribution is 6.30. The van der Waals surface area contributed by atoms with E-state index in [4.69, 9.17) is 11.6 Å². The fraction of sp³-hybridized carbons (Fsp3) is 0.417. The molecule has 7 heteroatoms. The second-order valence-corrected chi connectivity index (χ2v) is 4.75. The molecular formula is C12H14ClN3O3. The van der Waals surface area contributed by atoms with Crippen LogP contribution in [0.25, 0.3) is 0 Å². The number of hydrogen-bond donors (Lipinski definition) is 2. The minimum atomic E-state index is -0.828. The average Bonchev–Trinajstić information content (AvgIpc) is 2.84. The van der Waals surface area contributed by atoms with Gasteiger partial charge in [-0.15, -0.1) is 0 Å². The Bertz CT molecular complexity index is 458. The fourth-order valence-corrected chi connectivity index (χ4v) is 1.96. The summed E-state index contributed by atoms with van der Waals surface area (Å²) in [4.78, 5) is 26.8. The van der Waals surface area contributed by atoms with Gasteiger partial charge in [-0.25, -0.2) is 9.78 Å². The number of pyridine rings is 1. The van der Waals surface area contributed by atoms with Crippen LogP contribution in [0.3, 0.4) is 0 Å². The number of nitrogens with zero attached hydrogens (tertiary/aromatic N) is 1. The number of ether oxygens (including phenoxy) is 1. The molecule has 1 saturated heterocycles. The van der Waals surface area contributed by atoms with Crippen LogP contribution in [0.4, 0.5) is 10.6 Å². The molecular weight excluding hydrogens is 270 g/mol. The molecule has 0 bridgehead atoms. The van der Waals surface area contributed by atoms with Crippen molar-refractivity contribution in [3.8, 4) is 0 Å². The number of nitrogens with one attached hydrogen (secondary N) is 2. The highest BCUT2D eigenvalue weighted by Crippen LogP contribution is 2.13. The molecule has 1 aliphatic heterocycles. The molecule has 0 radical (unpaired) electrons. The topological polar surface area (TPSA) is 80.3 Å². The van der Waals surface area contributed by atoms with Crippen LogP contribution >= 0.6 is 11.6 Å². The minimum absolute atomic E-state index is 0.244. The maximum atomic E-state index is 11.5. The third-order valence-corrected chi connectivity index (χ3v) is 3.01. The van der Waals surface area contributed by atoms with Crippen molar-refractivity contribution < 1.29 is 14.3 Å². The number of aromatic nitrogens is 1. The van der Waals surface area contributed by atoms with Crippen molar-refractivity contribution in [2.45, 2.75) is 12.8 Å². The first kappa shape index (κ1) is 13.8. The van der Waals surface area contributed by atoms with E-state index in [1.54, 1.807) is 6.07 Å². The minimum Gasteiger partial charge on any atom is -0.376 e. The molecule has 1 fully saturated rings. The Hall–Kier alpha value is -1.66. The van der Waals surface area contributed by atoms with Crippen molar-refractivity contribution in [1.29, 1.82) is 0 Å². The van der Waals surface area contributed by atoms with E-state index < -0.39 is 12.1 Å². The first-order valence-corrected chi connectivity index (χ1v) is 6.35. The van der Waals surface area contributed by atoms with Gasteiger partial charge in [-0.2, -0.15) is 0 Å². The zero-order valence-corrected chi connectivity index (χ0v) is 10.9. The van der Waals surface area contributed by atoms with Crippen molar-refractivity contribution in [1.82, 2.24) is 10.3 Å². The molecule has 2 rings (SSSR count). The van der Waals surface area contributed by atoms with E-state index in [1.165, 1.54) is 12.3 Å². The van der Waals surface area contributed by atoms with Crippen LogP contribution in [0.1, 0.15) is 12.8 Å². The van der Waals surface area contributed by atoms with Crippen LogP contribution in [-0.2, 0) is 9.53 Å². The number of carbonyl (C=O) groups is 2. The second-order valence-electron chi connectivity index (χ2n) is 4.31. The van der Waals surface area contributed by atoms with E-state index in [0.29, 0.717) is 5.02 Å². The smallest absolute Gasteiger partial charge is 0.376 e. The van der Waals surface area contributed by atoms with Crippen molar-refractivity contribution in [3.63, 3.8) is 0 Å². The number of halogens is 1. The summed E-state index contributed by atoms with van der Waals surface area (Å²) in [7, 11) is 0. The van der Waals surface area contributed by atoms with E-state index in [9.17, 15) is 9.59 Å². The first-order valence-electron chi connectivity index (χ1n) is 5.97. The number of carbonyl (C=O) groups excluding carboxylic acids is 2. The summed E-state index contributed by atoms with van der Waals surface area (Å²) in [6.07, 6.45) is 1.73. The lowest BCUT2D eigenvalue weighted by molar-refractivity contribution is -0.137. The van der Waals surface area contributed by atoms with Crippen molar-refractivity contribution >= 4 is 29.5 Å². The number of esters is 1. The molecule has 2 heterocycles. The molecule has 0 saturated carbocycles. The summed E-state index contributed by atoms with van der Waals surface area (Å²) >= 11 is 5.66. The SMILES string of the molecule is O=C(CC1CCNC1)OC(=O)Nc1ccc(Cl)cn1. The van der Waals surface area contributed by atoms with E-state index >= 15 is 0 Å². The molecule has 1 aromatic rings. The lowest BCUT2D eigenvalue weighted by Gasteiger charge is -2.07. The third-order valence-electron chi connectivity index (χ3n) is 2.78. The molecule has 0 aliphatic carbocycles. The summed E-state index contributed by atoms with van der Waals surface area (Å²) in [6.45, 7) is 1.69. The molecule has 1 amide bonds. The largest absolute Gasteiger partial charge is 0.420 e. The predicted molar refractivity (Wildman–Crippen MR) is 70.0 cm³/mol. The van der Waals surface area contributed by atoms with E-state index in [2.05, 4.69) is 20.4 Å². The van der Waals surface area contributed by atoms with Gasteiger partial charge in [0, 0.05) is 6.20 Å². The van der Waals surface area contributed by atoms with Crippen molar-refractivity contribution in [2.75, 3.05) is 18.4 Å². The maximum Gasteiger partial charge on any atom is 0.420 e. The number of anilines is 1. The molecule has 102 valence electrons. The number of rotatable bonds is 3. The van der Waals surface area contributed by atoms with Gasteiger partial charge in [0.2, 0.25) is 0 Å². The zero-order chi connectivity index (χ0) is 13.7. The molecule has 1 unspecified atom stereocenters. The Morgan fingerprint density at radius 1 is 1.53 bits per heavy atom. The van der Waals surface area contributed by atoms with Crippen LogP contribution in [0.15, 0.2) is 18.3 Å². The third kappa shape index (κ3) is 4.50.